The fourth-order valence-corrected chi connectivity index (χ4v) is 2.17. The molecule has 1 unspecified atom stereocenters. The molecule has 1 aliphatic rings. The molecule has 0 amide bonds. The van der Waals surface area contributed by atoms with Crippen molar-refractivity contribution in [1.82, 2.24) is 15.2 Å². The van der Waals surface area contributed by atoms with Crippen LogP contribution >= 0.6 is 0 Å². The standard InChI is InChI=1S/C10H16F3N5/c1-9(5-14)3-2-4-18(6-9)8-15-7(16-17-8)10(11,12)13/h2-6,14H2,1H3,(H,15,16,17). The van der Waals surface area contributed by atoms with Gasteiger partial charge in [0, 0.05) is 13.1 Å². The second kappa shape index (κ2) is 4.42. The van der Waals surface area contributed by atoms with Gasteiger partial charge in [-0.15, -0.1) is 5.10 Å². The van der Waals surface area contributed by atoms with E-state index in [1.165, 1.54) is 0 Å². The van der Waals surface area contributed by atoms with Crippen LogP contribution in [-0.4, -0.2) is 34.8 Å². The van der Waals surface area contributed by atoms with E-state index in [1.54, 1.807) is 4.90 Å². The van der Waals surface area contributed by atoms with Gasteiger partial charge in [0.25, 0.3) is 0 Å². The second-order valence-corrected chi connectivity index (χ2v) is 5.02. The molecule has 1 saturated heterocycles. The number of nitrogens with two attached hydrogens (primary N) is 1. The van der Waals surface area contributed by atoms with Crippen LogP contribution < -0.4 is 10.6 Å². The number of hydrogen-bond donors (Lipinski definition) is 2. The van der Waals surface area contributed by atoms with Crippen molar-refractivity contribution >= 4 is 5.95 Å². The van der Waals surface area contributed by atoms with E-state index in [1.807, 2.05) is 12.0 Å². The molecule has 8 heteroatoms. The highest BCUT2D eigenvalue weighted by molar-refractivity contribution is 5.30. The summed E-state index contributed by atoms with van der Waals surface area (Å²) in [4.78, 5) is 5.25. The Morgan fingerprint density at radius 1 is 1.50 bits per heavy atom. The quantitative estimate of drug-likeness (QED) is 0.846. The number of H-pyrrole nitrogens is 1. The molecule has 1 atom stereocenters. The smallest absolute Gasteiger partial charge is 0.339 e. The lowest BCUT2D eigenvalue weighted by molar-refractivity contribution is -0.144. The van der Waals surface area contributed by atoms with Gasteiger partial charge in [0.15, 0.2) is 0 Å². The van der Waals surface area contributed by atoms with Crippen LogP contribution in [0.3, 0.4) is 0 Å². The van der Waals surface area contributed by atoms with Crippen LogP contribution in [0.4, 0.5) is 19.1 Å². The minimum Gasteiger partial charge on any atom is -0.339 e. The Morgan fingerprint density at radius 2 is 2.22 bits per heavy atom. The fourth-order valence-electron chi connectivity index (χ4n) is 2.17. The number of nitrogens with one attached hydrogen (secondary N) is 1. The number of aromatic nitrogens is 3. The van der Waals surface area contributed by atoms with E-state index in [2.05, 4.69) is 10.1 Å². The number of aromatic amines is 1. The summed E-state index contributed by atoms with van der Waals surface area (Å²) in [5.41, 5.74) is 5.61. The van der Waals surface area contributed by atoms with Crippen molar-refractivity contribution < 1.29 is 13.2 Å². The van der Waals surface area contributed by atoms with Crippen LogP contribution in [0.2, 0.25) is 0 Å². The predicted molar refractivity (Wildman–Crippen MR) is 60.0 cm³/mol. The predicted octanol–water partition coefficient (Wildman–Crippen LogP) is 1.39. The van der Waals surface area contributed by atoms with E-state index < -0.39 is 12.0 Å². The van der Waals surface area contributed by atoms with Crippen LogP contribution in [0.1, 0.15) is 25.6 Å². The van der Waals surface area contributed by atoms with Crippen LogP contribution in [0.5, 0.6) is 0 Å². The molecule has 0 spiro atoms. The number of nitrogens with zero attached hydrogens (tertiary/aromatic N) is 3. The number of anilines is 1. The van der Waals surface area contributed by atoms with E-state index in [0.717, 1.165) is 12.8 Å². The highest BCUT2D eigenvalue weighted by Gasteiger charge is 2.37. The molecule has 1 aromatic rings. The Balaban J connectivity index is 2.14. The summed E-state index contributed by atoms with van der Waals surface area (Å²) in [5, 5.41) is 5.56. The zero-order valence-electron chi connectivity index (χ0n) is 10.1. The van der Waals surface area contributed by atoms with E-state index >= 15 is 0 Å². The minimum absolute atomic E-state index is 0.0860. The normalized spacial score (nSPS) is 25.5. The lowest BCUT2D eigenvalue weighted by Gasteiger charge is -2.39. The maximum absolute atomic E-state index is 12.4. The number of hydrogen-bond acceptors (Lipinski definition) is 4. The molecule has 2 heterocycles. The summed E-state index contributed by atoms with van der Waals surface area (Å²) in [7, 11) is 0. The molecule has 2 rings (SSSR count). The van der Waals surface area contributed by atoms with Crippen molar-refractivity contribution in [3.8, 4) is 0 Å². The van der Waals surface area contributed by atoms with Gasteiger partial charge in [0.2, 0.25) is 11.8 Å². The molecule has 0 radical (unpaired) electrons. The average molecular weight is 263 g/mol. The number of halogens is 3. The van der Waals surface area contributed by atoms with E-state index in [4.69, 9.17) is 5.73 Å². The highest BCUT2D eigenvalue weighted by Crippen LogP contribution is 2.31. The van der Waals surface area contributed by atoms with Gasteiger partial charge in [-0.1, -0.05) is 6.92 Å². The van der Waals surface area contributed by atoms with Crippen LogP contribution in [0.15, 0.2) is 0 Å². The van der Waals surface area contributed by atoms with Gasteiger partial charge in [-0.25, -0.2) is 0 Å². The third-order valence-corrected chi connectivity index (χ3v) is 3.30. The Morgan fingerprint density at radius 3 is 2.78 bits per heavy atom. The van der Waals surface area contributed by atoms with Crippen molar-refractivity contribution in [2.75, 3.05) is 24.5 Å². The van der Waals surface area contributed by atoms with Gasteiger partial charge in [0.05, 0.1) is 0 Å². The third-order valence-electron chi connectivity index (χ3n) is 3.30. The zero-order chi connectivity index (χ0) is 13.4. The molecule has 1 aromatic heterocycles. The lowest BCUT2D eigenvalue weighted by Crippen LogP contribution is -2.46. The van der Waals surface area contributed by atoms with Gasteiger partial charge < -0.3 is 10.6 Å². The largest absolute Gasteiger partial charge is 0.451 e. The summed E-state index contributed by atoms with van der Waals surface area (Å²) in [6.45, 7) is 3.76. The molecule has 1 fully saturated rings. The van der Waals surface area contributed by atoms with Gasteiger partial charge in [0.1, 0.15) is 0 Å². The summed E-state index contributed by atoms with van der Waals surface area (Å²) in [5.74, 6) is -0.959. The maximum atomic E-state index is 12.4. The summed E-state index contributed by atoms with van der Waals surface area (Å²) >= 11 is 0. The Labute approximate surface area is 103 Å². The van der Waals surface area contributed by atoms with E-state index in [9.17, 15) is 13.2 Å². The van der Waals surface area contributed by atoms with Gasteiger partial charge in [-0.2, -0.15) is 18.2 Å². The SMILES string of the molecule is CC1(CN)CCCN(c2n[nH]c(C(F)(F)F)n2)C1. The molecule has 18 heavy (non-hydrogen) atoms. The van der Waals surface area contributed by atoms with Crippen molar-refractivity contribution in [2.45, 2.75) is 25.9 Å². The van der Waals surface area contributed by atoms with Crippen LogP contribution in [0, 0.1) is 5.41 Å². The van der Waals surface area contributed by atoms with E-state index in [0.29, 0.717) is 19.6 Å². The molecule has 0 saturated carbocycles. The lowest BCUT2D eigenvalue weighted by atomic mass is 9.82. The summed E-state index contributed by atoms with van der Waals surface area (Å²) < 4.78 is 37.2. The third kappa shape index (κ3) is 2.58. The first-order valence-corrected chi connectivity index (χ1v) is 5.79. The minimum atomic E-state index is -4.49. The van der Waals surface area contributed by atoms with Gasteiger partial charge in [-0.3, -0.25) is 5.10 Å². The van der Waals surface area contributed by atoms with E-state index in [-0.39, 0.29) is 11.4 Å². The van der Waals surface area contributed by atoms with Crippen molar-refractivity contribution in [3.63, 3.8) is 0 Å². The van der Waals surface area contributed by atoms with Crippen molar-refractivity contribution in [2.24, 2.45) is 11.1 Å². The Hall–Kier alpha value is -1.31. The van der Waals surface area contributed by atoms with Crippen LogP contribution in [-0.2, 0) is 6.18 Å². The average Bonchev–Trinajstić information content (AvgIpc) is 2.78. The topological polar surface area (TPSA) is 70.8 Å². The molecule has 0 bridgehead atoms. The Bertz CT molecular complexity index is 416. The molecule has 102 valence electrons. The molecule has 0 aliphatic carbocycles. The number of alkyl halides is 3. The van der Waals surface area contributed by atoms with Crippen LogP contribution in [0.25, 0.3) is 0 Å². The molecule has 5 nitrogen and oxygen atoms in total. The van der Waals surface area contributed by atoms with Gasteiger partial charge >= 0.3 is 6.18 Å². The molecule has 0 aromatic carbocycles. The number of rotatable bonds is 2. The molecular formula is C10H16F3N5. The highest BCUT2D eigenvalue weighted by atomic mass is 19.4. The molecule has 3 N–H and O–H groups in total. The first kappa shape index (κ1) is 13.1. The maximum Gasteiger partial charge on any atom is 0.451 e. The molecule has 1 aliphatic heterocycles. The van der Waals surface area contributed by atoms with Crippen molar-refractivity contribution in [3.05, 3.63) is 5.82 Å². The second-order valence-electron chi connectivity index (χ2n) is 5.02. The zero-order valence-corrected chi connectivity index (χ0v) is 10.1. The first-order valence-electron chi connectivity index (χ1n) is 5.79. The summed E-state index contributed by atoms with van der Waals surface area (Å²) in [6, 6.07) is 0. The Kier molecular flexibility index (Phi) is 3.22. The van der Waals surface area contributed by atoms with Gasteiger partial charge in [-0.05, 0) is 24.8 Å². The fraction of sp³-hybridized carbons (Fsp3) is 0.800. The first-order chi connectivity index (χ1) is 8.34. The monoisotopic (exact) mass is 263 g/mol. The molecular weight excluding hydrogens is 247 g/mol. The number of piperidine rings is 1. The van der Waals surface area contributed by atoms with Crippen molar-refractivity contribution in [1.29, 1.82) is 0 Å². The summed E-state index contributed by atoms with van der Waals surface area (Å²) in [6.07, 6.45) is -2.64.